The molecular weight excluding hydrogens is 469 g/mol. The molecule has 2 atom stereocenters. The molecule has 0 fully saturated rings. The lowest BCUT2D eigenvalue weighted by Crippen LogP contribution is -2.36. The van der Waals surface area contributed by atoms with Crippen LogP contribution in [0.3, 0.4) is 0 Å². The number of carbonyl (C=O) groups is 1. The van der Waals surface area contributed by atoms with E-state index < -0.39 is 36.2 Å². The van der Waals surface area contributed by atoms with Gasteiger partial charge in [-0.3, -0.25) is 9.80 Å². The molecule has 0 aliphatic carbocycles. The van der Waals surface area contributed by atoms with E-state index in [1.165, 1.54) is 11.9 Å². The number of ether oxygens (including phenoxy) is 1. The smallest absolute Gasteiger partial charge is 0.431 e. The van der Waals surface area contributed by atoms with Crippen LogP contribution in [-0.4, -0.2) is 36.1 Å². The molecule has 0 amide bonds. The van der Waals surface area contributed by atoms with E-state index in [1.54, 1.807) is 19.2 Å². The van der Waals surface area contributed by atoms with Gasteiger partial charge in [-0.1, -0.05) is 49.4 Å². The third-order valence-electron chi connectivity index (χ3n) is 6.55. The molecule has 3 aromatic rings. The number of methoxy groups -OCH3 is 1. The van der Waals surface area contributed by atoms with Gasteiger partial charge in [0.15, 0.2) is 0 Å². The van der Waals surface area contributed by atoms with E-state index in [1.807, 2.05) is 43.3 Å². The number of hydrazone groups is 1. The minimum atomic E-state index is -4.61. The molecule has 188 valence electrons. The Morgan fingerprint density at radius 3 is 2.36 bits per heavy atom. The van der Waals surface area contributed by atoms with Crippen molar-refractivity contribution in [2.24, 2.45) is 11.0 Å². The summed E-state index contributed by atoms with van der Waals surface area (Å²) in [7, 11) is 1.64. The van der Waals surface area contributed by atoms with Gasteiger partial charge in [0.05, 0.1) is 25.3 Å². The van der Waals surface area contributed by atoms with Gasteiger partial charge in [0, 0.05) is 5.92 Å². The summed E-state index contributed by atoms with van der Waals surface area (Å²) in [6, 6.07) is 20.3. The topological polar surface area (TPSA) is 62.1 Å². The van der Waals surface area contributed by atoms with Gasteiger partial charge in [0.25, 0.3) is 0 Å². The average molecular weight is 497 g/mol. The third-order valence-corrected chi connectivity index (χ3v) is 6.55. The number of carboxylic acid groups (broad SMARTS) is 1. The zero-order valence-corrected chi connectivity index (χ0v) is 20.2. The molecular formula is C28H27F3N2O3. The second-order valence-electron chi connectivity index (χ2n) is 9.00. The molecule has 8 heteroatoms. The highest BCUT2D eigenvalue weighted by atomic mass is 19.4. The number of halogens is 3. The fourth-order valence-electron chi connectivity index (χ4n) is 4.54. The van der Waals surface area contributed by atoms with Crippen LogP contribution in [-0.2, 0) is 11.2 Å². The van der Waals surface area contributed by atoms with Crippen molar-refractivity contribution in [1.29, 1.82) is 0 Å². The summed E-state index contributed by atoms with van der Waals surface area (Å²) in [5.41, 5.74) is 4.85. The Hall–Kier alpha value is -3.81. The molecule has 1 aliphatic heterocycles. The van der Waals surface area contributed by atoms with Crippen LogP contribution in [0, 0.1) is 12.8 Å². The van der Waals surface area contributed by atoms with E-state index in [0.717, 1.165) is 33.6 Å². The van der Waals surface area contributed by atoms with E-state index in [9.17, 15) is 23.1 Å². The van der Waals surface area contributed by atoms with Crippen LogP contribution in [0.2, 0.25) is 0 Å². The van der Waals surface area contributed by atoms with Gasteiger partial charge in [-0.25, -0.2) is 0 Å². The number of carboxylic acids is 1. The second kappa shape index (κ2) is 10.0. The lowest BCUT2D eigenvalue weighted by molar-refractivity contribution is -0.137. The lowest BCUT2D eigenvalue weighted by atomic mass is 9.94. The van der Waals surface area contributed by atoms with Gasteiger partial charge in [0.2, 0.25) is 0 Å². The van der Waals surface area contributed by atoms with E-state index in [0.29, 0.717) is 12.1 Å². The predicted molar refractivity (Wildman–Crippen MR) is 134 cm³/mol. The monoisotopic (exact) mass is 496 g/mol. The molecule has 0 bridgehead atoms. The van der Waals surface area contributed by atoms with Crippen molar-refractivity contribution >= 4 is 17.4 Å². The van der Waals surface area contributed by atoms with Crippen molar-refractivity contribution in [1.82, 2.24) is 0 Å². The normalized spacial score (nSPS) is 17.7. The SMILES string of the molecule is COc1cccc(-c2ccc(Cc3ccc(N4N=C(C(F)(F)F)C(C)C4CC(=O)O)cc3)c(C)c2)c1. The van der Waals surface area contributed by atoms with E-state index >= 15 is 0 Å². The van der Waals surface area contributed by atoms with Crippen molar-refractivity contribution < 1.29 is 27.8 Å². The van der Waals surface area contributed by atoms with Crippen LogP contribution < -0.4 is 9.75 Å². The number of anilines is 1. The highest BCUT2D eigenvalue weighted by molar-refractivity contribution is 5.96. The predicted octanol–water partition coefficient (Wildman–Crippen LogP) is 6.48. The number of hydrogen-bond acceptors (Lipinski definition) is 4. The Labute approximate surface area is 207 Å². The Morgan fingerprint density at radius 2 is 1.75 bits per heavy atom. The van der Waals surface area contributed by atoms with E-state index in [2.05, 4.69) is 23.3 Å². The standard InChI is InChI=1S/C28H27F3N2O3/c1-17-13-22(21-5-4-6-24(15-21)36-3)10-9-20(17)14-19-7-11-23(12-8-19)33-25(16-26(34)35)18(2)27(32-33)28(29,30)31/h4-13,15,18,25H,14,16H2,1-3H3,(H,34,35). The first-order valence-corrected chi connectivity index (χ1v) is 11.6. The van der Waals surface area contributed by atoms with Crippen molar-refractivity contribution in [3.8, 4) is 16.9 Å². The molecule has 1 heterocycles. The minimum Gasteiger partial charge on any atom is -0.497 e. The summed E-state index contributed by atoms with van der Waals surface area (Å²) in [4.78, 5) is 11.3. The van der Waals surface area contributed by atoms with Crippen molar-refractivity contribution in [2.75, 3.05) is 12.1 Å². The van der Waals surface area contributed by atoms with Gasteiger partial charge >= 0.3 is 12.1 Å². The maximum Gasteiger partial charge on any atom is 0.431 e. The summed E-state index contributed by atoms with van der Waals surface area (Å²) in [5.74, 6) is -1.43. The van der Waals surface area contributed by atoms with E-state index in [-0.39, 0.29) is 0 Å². The summed E-state index contributed by atoms with van der Waals surface area (Å²) in [5, 5.41) is 14.2. The molecule has 4 rings (SSSR count). The number of benzene rings is 3. The zero-order valence-electron chi connectivity index (χ0n) is 20.2. The first-order valence-electron chi connectivity index (χ1n) is 11.6. The highest BCUT2D eigenvalue weighted by Crippen LogP contribution is 2.36. The lowest BCUT2D eigenvalue weighted by Gasteiger charge is -2.25. The first kappa shape index (κ1) is 25.3. The summed E-state index contributed by atoms with van der Waals surface area (Å²) >= 11 is 0. The quantitative estimate of drug-likeness (QED) is 0.407. The van der Waals surface area contributed by atoms with Crippen molar-refractivity contribution in [3.63, 3.8) is 0 Å². The molecule has 2 unspecified atom stereocenters. The molecule has 1 aliphatic rings. The van der Waals surface area contributed by atoms with Crippen LogP contribution in [0.25, 0.3) is 11.1 Å². The number of hydrogen-bond donors (Lipinski definition) is 1. The Morgan fingerprint density at radius 1 is 1.06 bits per heavy atom. The fourth-order valence-corrected chi connectivity index (χ4v) is 4.54. The minimum absolute atomic E-state index is 0.432. The molecule has 0 saturated heterocycles. The number of alkyl halides is 3. The molecule has 0 radical (unpaired) electrons. The number of aliphatic carboxylic acids is 1. The average Bonchev–Trinajstić information content (AvgIpc) is 3.16. The Kier molecular flexibility index (Phi) is 7.06. The largest absolute Gasteiger partial charge is 0.497 e. The van der Waals surface area contributed by atoms with Crippen LogP contribution in [0.5, 0.6) is 5.75 Å². The fraction of sp³-hybridized carbons (Fsp3) is 0.286. The number of rotatable bonds is 7. The molecule has 3 aromatic carbocycles. The van der Waals surface area contributed by atoms with Crippen LogP contribution in [0.15, 0.2) is 71.8 Å². The summed E-state index contributed by atoms with van der Waals surface area (Å²) < 4.78 is 45.6. The molecule has 1 N–H and O–H groups in total. The van der Waals surface area contributed by atoms with Crippen LogP contribution >= 0.6 is 0 Å². The van der Waals surface area contributed by atoms with Crippen LogP contribution in [0.1, 0.15) is 30.0 Å². The molecule has 0 aromatic heterocycles. The second-order valence-corrected chi connectivity index (χ2v) is 9.00. The maximum absolute atomic E-state index is 13.4. The molecule has 36 heavy (non-hydrogen) atoms. The van der Waals surface area contributed by atoms with Crippen LogP contribution in [0.4, 0.5) is 18.9 Å². The number of aryl methyl sites for hydroxylation is 1. The van der Waals surface area contributed by atoms with Gasteiger partial charge in [-0.15, -0.1) is 0 Å². The Bertz CT molecular complexity index is 1290. The first-order chi connectivity index (χ1) is 17.1. The molecule has 5 nitrogen and oxygen atoms in total. The highest BCUT2D eigenvalue weighted by Gasteiger charge is 2.48. The van der Waals surface area contributed by atoms with E-state index in [4.69, 9.17) is 4.74 Å². The molecule has 0 spiro atoms. The van der Waals surface area contributed by atoms with Gasteiger partial charge in [0.1, 0.15) is 11.5 Å². The van der Waals surface area contributed by atoms with Crippen molar-refractivity contribution in [3.05, 3.63) is 83.4 Å². The Balaban J connectivity index is 1.54. The van der Waals surface area contributed by atoms with Gasteiger partial charge in [-0.05, 0) is 65.4 Å². The zero-order chi connectivity index (χ0) is 26.0. The van der Waals surface area contributed by atoms with Crippen molar-refractivity contribution in [2.45, 2.75) is 38.9 Å². The maximum atomic E-state index is 13.4. The van der Waals surface area contributed by atoms with Gasteiger partial charge in [-0.2, -0.15) is 18.3 Å². The van der Waals surface area contributed by atoms with Gasteiger partial charge < -0.3 is 9.84 Å². The molecule has 0 saturated carbocycles. The third kappa shape index (κ3) is 5.37. The summed E-state index contributed by atoms with van der Waals surface area (Å²) in [6.07, 6.45) is -4.40. The summed E-state index contributed by atoms with van der Waals surface area (Å²) in [6.45, 7) is 3.41. The number of nitrogens with zero attached hydrogens (tertiary/aromatic N) is 2.